The van der Waals surface area contributed by atoms with Gasteiger partial charge < -0.3 is 18.9 Å². The van der Waals surface area contributed by atoms with Gasteiger partial charge in [0.2, 0.25) is 0 Å². The molecular weight excluding hydrogens is 290 g/mol. The van der Waals surface area contributed by atoms with Crippen LogP contribution in [-0.2, 0) is 18.9 Å². The molecule has 0 aromatic heterocycles. The molecule has 2 aliphatic rings. The summed E-state index contributed by atoms with van der Waals surface area (Å²) >= 11 is 0. The molecule has 0 N–H and O–H groups in total. The molecule has 22 heavy (non-hydrogen) atoms. The SMILES string of the molecule is CO[C@H]1O[C@@H]2COC(c3ccccc3)O[C@H]2C([N+](=O)[O-])=C1C. The smallest absolute Gasteiger partial charge is 0.281 e. The number of benzene rings is 1. The molecule has 1 aromatic carbocycles. The maximum atomic E-state index is 11.4. The minimum atomic E-state index is -0.777. The average molecular weight is 307 g/mol. The first-order valence-corrected chi connectivity index (χ1v) is 6.97. The summed E-state index contributed by atoms with van der Waals surface area (Å²) in [6.07, 6.45) is -2.73. The van der Waals surface area contributed by atoms with Crippen molar-refractivity contribution in [3.05, 3.63) is 57.3 Å². The predicted molar refractivity (Wildman–Crippen MR) is 75.4 cm³/mol. The topological polar surface area (TPSA) is 80.1 Å². The van der Waals surface area contributed by atoms with Gasteiger partial charge in [-0.2, -0.15) is 0 Å². The van der Waals surface area contributed by atoms with E-state index in [0.29, 0.717) is 5.57 Å². The molecule has 0 spiro atoms. The lowest BCUT2D eigenvalue weighted by Gasteiger charge is -2.39. The van der Waals surface area contributed by atoms with Crippen molar-refractivity contribution < 1.29 is 23.9 Å². The zero-order valence-electron chi connectivity index (χ0n) is 12.3. The van der Waals surface area contributed by atoms with Gasteiger partial charge in [-0.25, -0.2) is 0 Å². The number of hydrogen-bond acceptors (Lipinski definition) is 6. The Kier molecular flexibility index (Phi) is 4.21. The van der Waals surface area contributed by atoms with Crippen molar-refractivity contribution in [2.45, 2.75) is 31.7 Å². The second-order valence-corrected chi connectivity index (χ2v) is 5.20. The van der Waals surface area contributed by atoms with Crippen molar-refractivity contribution in [1.82, 2.24) is 0 Å². The number of fused-ring (bicyclic) bond motifs is 1. The maximum Gasteiger partial charge on any atom is 0.281 e. The van der Waals surface area contributed by atoms with Gasteiger partial charge in [-0.15, -0.1) is 0 Å². The van der Waals surface area contributed by atoms with Gasteiger partial charge in [-0.05, 0) is 6.92 Å². The van der Waals surface area contributed by atoms with E-state index in [1.54, 1.807) is 6.92 Å². The van der Waals surface area contributed by atoms with Crippen LogP contribution >= 0.6 is 0 Å². The van der Waals surface area contributed by atoms with Gasteiger partial charge in [-0.3, -0.25) is 10.1 Å². The molecule has 4 atom stereocenters. The monoisotopic (exact) mass is 307 g/mol. The minimum Gasteiger partial charge on any atom is -0.352 e. The summed E-state index contributed by atoms with van der Waals surface area (Å²) in [7, 11) is 1.45. The highest BCUT2D eigenvalue weighted by Gasteiger charge is 2.48. The number of ether oxygens (including phenoxy) is 4. The first-order chi connectivity index (χ1) is 10.6. The van der Waals surface area contributed by atoms with Crippen LogP contribution in [0.4, 0.5) is 0 Å². The first-order valence-electron chi connectivity index (χ1n) is 6.97. The molecule has 0 aliphatic carbocycles. The molecule has 0 amide bonds. The Hall–Kier alpha value is -1.80. The van der Waals surface area contributed by atoms with Crippen LogP contribution in [0.3, 0.4) is 0 Å². The van der Waals surface area contributed by atoms with Crippen LogP contribution in [0.25, 0.3) is 0 Å². The lowest BCUT2D eigenvalue weighted by molar-refractivity contribution is -0.457. The Morgan fingerprint density at radius 1 is 1.27 bits per heavy atom. The lowest BCUT2D eigenvalue weighted by Crippen LogP contribution is -2.50. The summed E-state index contributed by atoms with van der Waals surface area (Å²) in [5.41, 5.74) is 1.23. The van der Waals surface area contributed by atoms with Crippen molar-refractivity contribution in [2.75, 3.05) is 13.7 Å². The van der Waals surface area contributed by atoms with Crippen molar-refractivity contribution in [2.24, 2.45) is 0 Å². The molecular formula is C15H17NO6. The van der Waals surface area contributed by atoms with E-state index in [1.165, 1.54) is 7.11 Å². The van der Waals surface area contributed by atoms with E-state index in [0.717, 1.165) is 5.56 Å². The predicted octanol–water partition coefficient (Wildman–Crippen LogP) is 2.02. The summed E-state index contributed by atoms with van der Waals surface area (Å²) in [4.78, 5) is 11.0. The van der Waals surface area contributed by atoms with Gasteiger partial charge in [0.25, 0.3) is 5.70 Å². The third-order valence-corrected chi connectivity index (χ3v) is 3.83. The van der Waals surface area contributed by atoms with E-state index in [9.17, 15) is 10.1 Å². The van der Waals surface area contributed by atoms with E-state index in [-0.39, 0.29) is 12.3 Å². The largest absolute Gasteiger partial charge is 0.352 e. The second kappa shape index (κ2) is 6.13. The van der Waals surface area contributed by atoms with Crippen molar-refractivity contribution in [3.63, 3.8) is 0 Å². The standard InChI is InChI=1S/C15H17NO6/c1-9-12(16(17)18)13-11(21-14(9)19-2)8-20-15(22-13)10-6-4-3-5-7-10/h3-7,11,13-15H,8H2,1-2H3/t11-,13-,14+,15?/m1/s1. The fraction of sp³-hybridized carbons (Fsp3) is 0.467. The quantitative estimate of drug-likeness (QED) is 0.628. The van der Waals surface area contributed by atoms with Crippen LogP contribution in [-0.4, -0.2) is 37.1 Å². The van der Waals surface area contributed by atoms with Crippen molar-refractivity contribution in [1.29, 1.82) is 0 Å². The molecule has 7 heteroatoms. The number of nitro groups is 1. The van der Waals surface area contributed by atoms with Crippen LogP contribution in [0.15, 0.2) is 41.6 Å². The third kappa shape index (κ3) is 2.64. The van der Waals surface area contributed by atoms with E-state index >= 15 is 0 Å². The van der Waals surface area contributed by atoms with Gasteiger partial charge >= 0.3 is 0 Å². The molecule has 1 unspecified atom stereocenters. The fourth-order valence-corrected chi connectivity index (χ4v) is 2.75. The summed E-state index contributed by atoms with van der Waals surface area (Å²) in [6, 6.07) is 9.32. The molecule has 3 rings (SSSR count). The van der Waals surface area contributed by atoms with Crippen LogP contribution < -0.4 is 0 Å². The second-order valence-electron chi connectivity index (χ2n) is 5.20. The number of rotatable bonds is 3. The summed E-state index contributed by atoms with van der Waals surface area (Å²) in [6.45, 7) is 1.83. The molecule has 2 aliphatic heterocycles. The van der Waals surface area contributed by atoms with Crippen molar-refractivity contribution >= 4 is 0 Å². The summed E-state index contributed by atoms with van der Waals surface area (Å²) in [5, 5.41) is 11.4. The van der Waals surface area contributed by atoms with E-state index < -0.39 is 29.7 Å². The molecule has 7 nitrogen and oxygen atoms in total. The van der Waals surface area contributed by atoms with Crippen LogP contribution in [0.2, 0.25) is 0 Å². The van der Waals surface area contributed by atoms with Gasteiger partial charge in [0.05, 0.1) is 17.1 Å². The molecule has 1 aromatic rings. The normalized spacial score (nSPS) is 31.7. The van der Waals surface area contributed by atoms with Crippen LogP contribution in [0, 0.1) is 10.1 Å². The lowest BCUT2D eigenvalue weighted by atomic mass is 10.0. The fourth-order valence-electron chi connectivity index (χ4n) is 2.75. The Morgan fingerprint density at radius 3 is 2.64 bits per heavy atom. The summed E-state index contributed by atoms with van der Waals surface area (Å²) < 4.78 is 22.3. The zero-order valence-corrected chi connectivity index (χ0v) is 12.3. The maximum absolute atomic E-state index is 11.4. The molecule has 0 saturated carbocycles. The highest BCUT2D eigenvalue weighted by atomic mass is 16.7. The highest BCUT2D eigenvalue weighted by Crippen LogP contribution is 2.36. The summed E-state index contributed by atoms with van der Waals surface area (Å²) in [5.74, 6) is 0. The van der Waals surface area contributed by atoms with E-state index in [2.05, 4.69) is 0 Å². The number of hydrogen-bond donors (Lipinski definition) is 0. The van der Waals surface area contributed by atoms with Crippen molar-refractivity contribution in [3.8, 4) is 0 Å². The molecule has 1 fully saturated rings. The van der Waals surface area contributed by atoms with Crippen LogP contribution in [0.5, 0.6) is 0 Å². The minimum absolute atomic E-state index is 0.00710. The Bertz CT molecular complexity index is 587. The molecule has 118 valence electrons. The van der Waals surface area contributed by atoms with Gasteiger partial charge in [0, 0.05) is 12.7 Å². The average Bonchev–Trinajstić information content (AvgIpc) is 2.54. The third-order valence-electron chi connectivity index (χ3n) is 3.83. The molecule has 0 bridgehead atoms. The first kappa shape index (κ1) is 15.1. The van der Waals surface area contributed by atoms with Crippen LogP contribution in [0.1, 0.15) is 18.8 Å². The molecule has 0 radical (unpaired) electrons. The molecule has 2 heterocycles. The Morgan fingerprint density at radius 2 is 2.00 bits per heavy atom. The Labute approximate surface area is 127 Å². The highest BCUT2D eigenvalue weighted by molar-refractivity contribution is 5.21. The van der Waals surface area contributed by atoms with Gasteiger partial charge in [-0.1, -0.05) is 30.3 Å². The van der Waals surface area contributed by atoms with Gasteiger partial charge in [0.15, 0.2) is 18.7 Å². The van der Waals surface area contributed by atoms with E-state index in [4.69, 9.17) is 18.9 Å². The van der Waals surface area contributed by atoms with Gasteiger partial charge in [0.1, 0.15) is 6.10 Å². The Balaban J connectivity index is 1.90. The number of nitrogens with zero attached hydrogens (tertiary/aromatic N) is 1. The zero-order chi connectivity index (χ0) is 15.7. The number of methoxy groups -OCH3 is 1. The molecule has 1 saturated heterocycles. The van der Waals surface area contributed by atoms with E-state index in [1.807, 2.05) is 30.3 Å².